The third-order valence-corrected chi connectivity index (χ3v) is 3.21. The van der Waals surface area contributed by atoms with Crippen molar-refractivity contribution in [1.29, 1.82) is 5.26 Å². The highest BCUT2D eigenvalue weighted by Crippen LogP contribution is 2.17. The second kappa shape index (κ2) is 7.36. The molecule has 0 radical (unpaired) electrons. The standard InChI is InChI=1S/C16H19N5/c1-13(18)15-5-6-16(20-11-15)21(9-3-7-17)12-14-4-2-8-19-10-14/h2,4-6,8,10-11,13H,3,9,12,18H2,1H3/t13-/m1/s1. The van der Waals surface area contributed by atoms with Gasteiger partial charge in [0.1, 0.15) is 5.82 Å². The Morgan fingerprint density at radius 2 is 2.19 bits per heavy atom. The molecule has 0 saturated carbocycles. The summed E-state index contributed by atoms with van der Waals surface area (Å²) in [6, 6.07) is 10.0. The van der Waals surface area contributed by atoms with E-state index in [0.29, 0.717) is 19.5 Å². The molecule has 0 unspecified atom stereocenters. The van der Waals surface area contributed by atoms with Gasteiger partial charge in [-0.2, -0.15) is 5.26 Å². The van der Waals surface area contributed by atoms with Gasteiger partial charge in [0.25, 0.3) is 0 Å². The summed E-state index contributed by atoms with van der Waals surface area (Å²) < 4.78 is 0. The van der Waals surface area contributed by atoms with Crippen molar-refractivity contribution in [3.63, 3.8) is 0 Å². The largest absolute Gasteiger partial charge is 0.351 e. The quantitative estimate of drug-likeness (QED) is 0.879. The van der Waals surface area contributed by atoms with E-state index in [1.54, 1.807) is 12.4 Å². The van der Waals surface area contributed by atoms with E-state index in [-0.39, 0.29) is 6.04 Å². The molecule has 0 aliphatic heterocycles. The zero-order valence-corrected chi connectivity index (χ0v) is 12.1. The van der Waals surface area contributed by atoms with Gasteiger partial charge in [-0.05, 0) is 30.2 Å². The van der Waals surface area contributed by atoms with Crippen molar-refractivity contribution in [2.75, 3.05) is 11.4 Å². The van der Waals surface area contributed by atoms with Crippen LogP contribution in [-0.2, 0) is 6.54 Å². The molecular weight excluding hydrogens is 262 g/mol. The van der Waals surface area contributed by atoms with Crippen molar-refractivity contribution in [3.8, 4) is 6.07 Å². The van der Waals surface area contributed by atoms with Crippen molar-refractivity contribution in [2.45, 2.75) is 25.9 Å². The number of hydrogen-bond acceptors (Lipinski definition) is 5. The number of anilines is 1. The van der Waals surface area contributed by atoms with Crippen LogP contribution in [0.3, 0.4) is 0 Å². The fourth-order valence-corrected chi connectivity index (χ4v) is 2.03. The molecule has 2 aromatic rings. The molecule has 2 N–H and O–H groups in total. The van der Waals surface area contributed by atoms with E-state index in [2.05, 4.69) is 20.9 Å². The molecule has 2 aromatic heterocycles. The number of nitrogens with two attached hydrogens (primary N) is 1. The predicted octanol–water partition coefficient (Wildman–Crippen LogP) is 2.42. The Morgan fingerprint density at radius 1 is 1.33 bits per heavy atom. The number of hydrogen-bond donors (Lipinski definition) is 1. The lowest BCUT2D eigenvalue weighted by atomic mass is 10.1. The summed E-state index contributed by atoms with van der Waals surface area (Å²) in [7, 11) is 0. The molecule has 5 nitrogen and oxygen atoms in total. The lowest BCUT2D eigenvalue weighted by molar-refractivity contribution is 0.771. The van der Waals surface area contributed by atoms with E-state index in [4.69, 9.17) is 11.0 Å². The zero-order chi connectivity index (χ0) is 15.1. The third-order valence-electron chi connectivity index (χ3n) is 3.21. The molecule has 0 saturated heterocycles. The van der Waals surface area contributed by atoms with Crippen LogP contribution in [0.15, 0.2) is 42.9 Å². The lowest BCUT2D eigenvalue weighted by Crippen LogP contribution is -2.24. The highest BCUT2D eigenvalue weighted by Gasteiger charge is 2.09. The Morgan fingerprint density at radius 3 is 2.76 bits per heavy atom. The van der Waals surface area contributed by atoms with Gasteiger partial charge in [-0.15, -0.1) is 0 Å². The minimum Gasteiger partial charge on any atom is -0.351 e. The first-order valence-electron chi connectivity index (χ1n) is 6.93. The van der Waals surface area contributed by atoms with Crippen LogP contribution in [0.2, 0.25) is 0 Å². The van der Waals surface area contributed by atoms with Gasteiger partial charge in [0.15, 0.2) is 0 Å². The first-order chi connectivity index (χ1) is 10.2. The summed E-state index contributed by atoms with van der Waals surface area (Å²) in [5, 5.41) is 8.82. The molecule has 1 atom stereocenters. The van der Waals surface area contributed by atoms with Crippen molar-refractivity contribution in [1.82, 2.24) is 9.97 Å². The SMILES string of the molecule is C[C@@H](N)c1ccc(N(CCC#N)Cc2cccnc2)nc1. The number of nitrogens with zero attached hydrogens (tertiary/aromatic N) is 4. The maximum atomic E-state index is 8.82. The molecule has 2 heterocycles. The van der Waals surface area contributed by atoms with Gasteiger partial charge in [-0.3, -0.25) is 4.98 Å². The maximum Gasteiger partial charge on any atom is 0.128 e. The Bertz CT molecular complexity index is 586. The van der Waals surface area contributed by atoms with E-state index in [1.807, 2.05) is 37.4 Å². The second-order valence-electron chi connectivity index (χ2n) is 4.93. The van der Waals surface area contributed by atoms with Crippen LogP contribution in [0.1, 0.15) is 30.5 Å². The van der Waals surface area contributed by atoms with Gasteiger partial charge in [-0.1, -0.05) is 12.1 Å². The van der Waals surface area contributed by atoms with Gasteiger partial charge in [-0.25, -0.2) is 4.98 Å². The van der Waals surface area contributed by atoms with Crippen molar-refractivity contribution < 1.29 is 0 Å². The monoisotopic (exact) mass is 281 g/mol. The summed E-state index contributed by atoms with van der Waals surface area (Å²) >= 11 is 0. The number of nitriles is 1. The summed E-state index contributed by atoms with van der Waals surface area (Å²) in [6.07, 6.45) is 5.83. The molecule has 0 fully saturated rings. The Hall–Kier alpha value is -2.45. The Labute approximate surface area is 125 Å². The molecule has 5 heteroatoms. The minimum absolute atomic E-state index is 0.0302. The Balaban J connectivity index is 2.17. The van der Waals surface area contributed by atoms with Crippen LogP contribution < -0.4 is 10.6 Å². The highest BCUT2D eigenvalue weighted by atomic mass is 15.2. The zero-order valence-electron chi connectivity index (χ0n) is 12.1. The van der Waals surface area contributed by atoms with E-state index in [0.717, 1.165) is 16.9 Å². The van der Waals surface area contributed by atoms with E-state index < -0.39 is 0 Å². The van der Waals surface area contributed by atoms with Gasteiger partial charge in [0.05, 0.1) is 12.5 Å². The molecular formula is C16H19N5. The topological polar surface area (TPSA) is 78.8 Å². The van der Waals surface area contributed by atoms with Crippen molar-refractivity contribution in [3.05, 3.63) is 54.0 Å². The number of rotatable bonds is 6. The smallest absolute Gasteiger partial charge is 0.128 e. The lowest BCUT2D eigenvalue weighted by Gasteiger charge is -2.23. The summed E-state index contributed by atoms with van der Waals surface area (Å²) in [5.74, 6) is 0.846. The third kappa shape index (κ3) is 4.26. The first kappa shape index (κ1) is 14.9. The molecule has 0 spiro atoms. The van der Waals surface area contributed by atoms with Crippen LogP contribution in [-0.4, -0.2) is 16.5 Å². The van der Waals surface area contributed by atoms with Crippen LogP contribution in [0.25, 0.3) is 0 Å². The van der Waals surface area contributed by atoms with Crippen LogP contribution >= 0.6 is 0 Å². The van der Waals surface area contributed by atoms with Crippen LogP contribution in [0.5, 0.6) is 0 Å². The van der Waals surface area contributed by atoms with Crippen LogP contribution in [0.4, 0.5) is 5.82 Å². The first-order valence-corrected chi connectivity index (χ1v) is 6.93. The predicted molar refractivity (Wildman–Crippen MR) is 82.4 cm³/mol. The number of pyridine rings is 2. The fraction of sp³-hybridized carbons (Fsp3) is 0.312. The highest BCUT2D eigenvalue weighted by molar-refractivity contribution is 5.40. The van der Waals surface area contributed by atoms with E-state index in [9.17, 15) is 0 Å². The average Bonchev–Trinajstić information content (AvgIpc) is 2.52. The van der Waals surface area contributed by atoms with E-state index in [1.165, 1.54) is 0 Å². The van der Waals surface area contributed by atoms with Gasteiger partial charge in [0.2, 0.25) is 0 Å². The van der Waals surface area contributed by atoms with Crippen LogP contribution in [0, 0.1) is 11.3 Å². The normalized spacial score (nSPS) is 11.7. The summed E-state index contributed by atoms with van der Waals surface area (Å²) in [5.41, 5.74) is 7.93. The van der Waals surface area contributed by atoms with Gasteiger partial charge < -0.3 is 10.6 Å². The average molecular weight is 281 g/mol. The summed E-state index contributed by atoms with van der Waals surface area (Å²) in [6.45, 7) is 3.25. The fourth-order valence-electron chi connectivity index (χ4n) is 2.03. The summed E-state index contributed by atoms with van der Waals surface area (Å²) in [4.78, 5) is 10.7. The number of aromatic nitrogens is 2. The van der Waals surface area contributed by atoms with Gasteiger partial charge in [0, 0.05) is 37.7 Å². The van der Waals surface area contributed by atoms with Crippen molar-refractivity contribution in [2.24, 2.45) is 5.73 Å². The molecule has 2 rings (SSSR count). The van der Waals surface area contributed by atoms with E-state index >= 15 is 0 Å². The molecule has 0 amide bonds. The van der Waals surface area contributed by atoms with Gasteiger partial charge >= 0.3 is 0 Å². The molecule has 0 aromatic carbocycles. The maximum absolute atomic E-state index is 8.82. The molecule has 21 heavy (non-hydrogen) atoms. The molecule has 108 valence electrons. The molecule has 0 aliphatic rings. The molecule has 0 bridgehead atoms. The minimum atomic E-state index is -0.0302. The van der Waals surface area contributed by atoms with Crippen molar-refractivity contribution >= 4 is 5.82 Å². The Kier molecular flexibility index (Phi) is 5.24. The molecule has 0 aliphatic carbocycles. The second-order valence-corrected chi connectivity index (χ2v) is 4.93.